The lowest BCUT2D eigenvalue weighted by molar-refractivity contribution is -0.135. The van der Waals surface area contributed by atoms with Gasteiger partial charge in [-0.15, -0.1) is 0 Å². The van der Waals surface area contributed by atoms with E-state index in [1.807, 2.05) is 45.0 Å². The predicted octanol–water partition coefficient (Wildman–Crippen LogP) is 2.63. The quantitative estimate of drug-likeness (QED) is 0.572. The molecule has 2 aliphatic heterocycles. The molecule has 4 atom stereocenters. The van der Waals surface area contributed by atoms with E-state index >= 15 is 0 Å². The van der Waals surface area contributed by atoms with Crippen molar-refractivity contribution >= 4 is 17.8 Å². The van der Waals surface area contributed by atoms with Crippen LogP contribution in [0.4, 0.5) is 0 Å². The lowest BCUT2D eigenvalue weighted by Crippen LogP contribution is -2.57. The Labute approximate surface area is 216 Å². The molecule has 9 nitrogen and oxygen atoms in total. The smallest absolute Gasteiger partial charge is 0.251 e. The van der Waals surface area contributed by atoms with Gasteiger partial charge < -0.3 is 25.6 Å². The van der Waals surface area contributed by atoms with Gasteiger partial charge in [-0.2, -0.15) is 0 Å². The summed E-state index contributed by atoms with van der Waals surface area (Å²) in [5.41, 5.74) is 6.62. The van der Waals surface area contributed by atoms with Gasteiger partial charge in [-0.1, -0.05) is 24.3 Å². The Hall–Kier alpha value is -3.43. The van der Waals surface area contributed by atoms with Gasteiger partial charge in [0.1, 0.15) is 11.8 Å². The van der Waals surface area contributed by atoms with E-state index < -0.39 is 28.8 Å². The fraction of sp³-hybridized carbons (Fsp3) is 0.464. The number of nitrogens with two attached hydrogens (primary N) is 1. The van der Waals surface area contributed by atoms with Crippen LogP contribution in [0.1, 0.15) is 73.2 Å². The number of guanidine groups is 1. The predicted molar refractivity (Wildman–Crippen MR) is 138 cm³/mol. The second-order valence-electron chi connectivity index (χ2n) is 11.4. The Morgan fingerprint density at radius 2 is 1.92 bits per heavy atom. The largest absolute Gasteiger partial charge is 0.482 e. The van der Waals surface area contributed by atoms with E-state index in [0.717, 1.165) is 11.1 Å². The molecule has 2 aromatic carbocycles. The molecule has 2 heterocycles. The number of ether oxygens (including phenoxy) is 2. The summed E-state index contributed by atoms with van der Waals surface area (Å²) >= 11 is 0. The van der Waals surface area contributed by atoms with Gasteiger partial charge in [0, 0.05) is 24.7 Å². The third-order valence-corrected chi connectivity index (χ3v) is 7.51. The number of aliphatic imine (C=N–C) groups is 1. The third-order valence-electron chi connectivity index (χ3n) is 7.51. The van der Waals surface area contributed by atoms with Crippen molar-refractivity contribution in [2.24, 2.45) is 10.7 Å². The normalized spacial score (nSPS) is 29.8. The molecule has 1 aliphatic carbocycles. The molecule has 0 radical (unpaired) electrons. The zero-order chi connectivity index (χ0) is 26.8. The second-order valence-corrected chi connectivity index (χ2v) is 11.4. The average molecular weight is 507 g/mol. The van der Waals surface area contributed by atoms with Gasteiger partial charge in [-0.25, -0.2) is 4.99 Å². The summed E-state index contributed by atoms with van der Waals surface area (Å²) < 4.78 is 11.8. The minimum Gasteiger partial charge on any atom is -0.482 e. The number of amides is 2. The summed E-state index contributed by atoms with van der Waals surface area (Å²) in [5, 5.41) is 14.1. The maximum atomic E-state index is 13.5. The highest BCUT2D eigenvalue weighted by Crippen LogP contribution is 2.48. The van der Waals surface area contributed by atoms with Crippen molar-refractivity contribution in [2.45, 2.75) is 69.4 Å². The summed E-state index contributed by atoms with van der Waals surface area (Å²) in [6.45, 7) is 7.50. The van der Waals surface area contributed by atoms with E-state index in [1.165, 1.54) is 4.90 Å². The van der Waals surface area contributed by atoms with Crippen LogP contribution in [0.2, 0.25) is 0 Å². The number of rotatable bonds is 5. The molecular formula is C28H34N4O5. The number of nitrogens with one attached hydrogen (secondary N) is 1. The molecule has 1 unspecified atom stereocenters. The Bertz CT molecular complexity index is 1300. The van der Waals surface area contributed by atoms with Gasteiger partial charge in [0.05, 0.1) is 30.2 Å². The van der Waals surface area contributed by atoms with Gasteiger partial charge >= 0.3 is 0 Å². The van der Waals surface area contributed by atoms with Gasteiger partial charge in [-0.3, -0.25) is 14.5 Å². The summed E-state index contributed by atoms with van der Waals surface area (Å²) in [6, 6.07) is 11.7. The number of aliphatic hydroxyl groups is 1. The summed E-state index contributed by atoms with van der Waals surface area (Å²) in [6.07, 6.45) is 0.647. The monoisotopic (exact) mass is 506 g/mol. The number of carbonyl (C=O) groups excluding carboxylic acids is 2. The number of fused-ring (bicyclic) bond motifs is 2. The van der Waals surface area contributed by atoms with E-state index in [4.69, 9.17) is 15.2 Å². The zero-order valence-electron chi connectivity index (χ0n) is 21.9. The van der Waals surface area contributed by atoms with E-state index in [9.17, 15) is 14.7 Å². The van der Waals surface area contributed by atoms with Crippen molar-refractivity contribution in [1.82, 2.24) is 10.2 Å². The van der Waals surface area contributed by atoms with Crippen LogP contribution in [0.15, 0.2) is 47.5 Å². The van der Waals surface area contributed by atoms with Crippen molar-refractivity contribution in [1.29, 1.82) is 0 Å². The molecule has 4 N–H and O–H groups in total. The molecule has 0 aromatic heterocycles. The van der Waals surface area contributed by atoms with Crippen LogP contribution in [0.3, 0.4) is 0 Å². The van der Waals surface area contributed by atoms with E-state index in [0.29, 0.717) is 23.3 Å². The van der Waals surface area contributed by atoms with Crippen molar-refractivity contribution in [2.75, 3.05) is 13.7 Å². The fourth-order valence-electron chi connectivity index (χ4n) is 5.95. The Morgan fingerprint density at radius 1 is 1.19 bits per heavy atom. The first-order chi connectivity index (χ1) is 17.3. The molecular weight excluding hydrogens is 472 g/mol. The summed E-state index contributed by atoms with van der Waals surface area (Å²) in [7, 11) is 1.57. The third kappa shape index (κ3) is 4.26. The van der Waals surface area contributed by atoms with Gasteiger partial charge in [-0.05, 0) is 57.0 Å². The lowest BCUT2D eigenvalue weighted by atomic mass is 9.88. The average Bonchev–Trinajstić information content (AvgIpc) is 3.22. The first-order valence-corrected chi connectivity index (χ1v) is 12.5. The minimum absolute atomic E-state index is 0.110. The van der Waals surface area contributed by atoms with Crippen molar-refractivity contribution < 1.29 is 24.2 Å². The maximum Gasteiger partial charge on any atom is 0.251 e. The molecule has 0 saturated carbocycles. The van der Waals surface area contributed by atoms with Crippen LogP contribution in [0.5, 0.6) is 5.75 Å². The van der Waals surface area contributed by atoms with Crippen molar-refractivity contribution in [3.8, 4) is 5.75 Å². The zero-order valence-corrected chi connectivity index (χ0v) is 21.9. The van der Waals surface area contributed by atoms with Crippen molar-refractivity contribution in [3.63, 3.8) is 0 Å². The molecule has 5 rings (SSSR count). The molecule has 0 fully saturated rings. The van der Waals surface area contributed by atoms with Crippen LogP contribution < -0.4 is 15.8 Å². The maximum absolute atomic E-state index is 13.5. The van der Waals surface area contributed by atoms with Gasteiger partial charge in [0.2, 0.25) is 5.91 Å². The highest BCUT2D eigenvalue weighted by molar-refractivity contribution is 6.00. The Kier molecular flexibility index (Phi) is 5.84. The molecule has 0 bridgehead atoms. The molecule has 37 heavy (non-hydrogen) atoms. The summed E-state index contributed by atoms with van der Waals surface area (Å²) in [4.78, 5) is 32.8. The SMILES string of the molecule is COC[C@@]1(C)Oc2ccc(C(=O)N[C@@H]3c4ccccc4C[C@]3(C)O)cc2C1N1C(=O)CC(C)(C)N=C1N. The van der Waals surface area contributed by atoms with Crippen LogP contribution in [-0.2, 0) is 16.0 Å². The molecule has 196 valence electrons. The summed E-state index contributed by atoms with van der Waals surface area (Å²) in [5.74, 6) is 0.148. The van der Waals surface area contributed by atoms with Crippen LogP contribution in [-0.4, -0.2) is 58.2 Å². The second kappa shape index (κ2) is 8.56. The van der Waals surface area contributed by atoms with Gasteiger partial charge in [0.25, 0.3) is 5.91 Å². The van der Waals surface area contributed by atoms with E-state index in [2.05, 4.69) is 10.3 Å². The molecule has 2 amide bonds. The van der Waals surface area contributed by atoms with E-state index in [-0.39, 0.29) is 30.8 Å². The standard InChI is InChI=1S/C28H34N4O5/c1-26(2)14-21(33)32(25(29)31-26)23-19-12-16(10-11-20(19)37-28(23,4)15-36-5)24(34)30-22-18-9-7-6-8-17(18)13-27(22,3)35/h6-12,22-23,35H,13-15H2,1-5H3,(H2,29,31)(H,30,34)/t22-,23?,27+,28-/m1/s1. The Balaban J connectivity index is 1.51. The molecule has 3 aliphatic rings. The minimum atomic E-state index is -1.11. The fourth-order valence-corrected chi connectivity index (χ4v) is 5.95. The lowest BCUT2D eigenvalue weighted by Gasteiger charge is -2.41. The number of methoxy groups -OCH3 is 1. The number of hydrogen-bond donors (Lipinski definition) is 3. The van der Waals surface area contributed by atoms with Crippen LogP contribution in [0, 0.1) is 0 Å². The number of benzene rings is 2. The van der Waals surface area contributed by atoms with E-state index in [1.54, 1.807) is 32.2 Å². The highest BCUT2D eigenvalue weighted by Gasteiger charge is 2.52. The topological polar surface area (TPSA) is 126 Å². The highest BCUT2D eigenvalue weighted by atomic mass is 16.5. The molecule has 0 saturated heterocycles. The first-order valence-electron chi connectivity index (χ1n) is 12.5. The van der Waals surface area contributed by atoms with Crippen LogP contribution in [0.25, 0.3) is 0 Å². The molecule has 2 aromatic rings. The molecule has 0 spiro atoms. The Morgan fingerprint density at radius 3 is 2.62 bits per heavy atom. The van der Waals surface area contributed by atoms with Gasteiger partial charge in [0.15, 0.2) is 11.6 Å². The molecule has 9 heteroatoms. The van der Waals surface area contributed by atoms with Crippen LogP contribution >= 0.6 is 0 Å². The number of hydrogen-bond acceptors (Lipinski definition) is 7. The number of nitrogens with zero attached hydrogens (tertiary/aromatic N) is 2. The number of carbonyl (C=O) groups is 2. The first kappa shape index (κ1) is 25.2. The van der Waals surface area contributed by atoms with Crippen molar-refractivity contribution in [3.05, 3.63) is 64.7 Å².